The first kappa shape index (κ1) is 17.8. The van der Waals surface area contributed by atoms with Gasteiger partial charge < -0.3 is 9.84 Å². The van der Waals surface area contributed by atoms with E-state index in [4.69, 9.17) is 16.3 Å². The Kier molecular flexibility index (Phi) is 6.65. The number of terminal acetylenes is 1. The maximum absolute atomic E-state index is 12.3. The quantitative estimate of drug-likeness (QED) is 0.449. The van der Waals surface area contributed by atoms with Gasteiger partial charge in [-0.25, -0.2) is 9.59 Å². The van der Waals surface area contributed by atoms with Gasteiger partial charge >= 0.3 is 11.9 Å². The topological polar surface area (TPSA) is 63.6 Å². The largest absolute Gasteiger partial charge is 0.478 e. The van der Waals surface area contributed by atoms with Gasteiger partial charge in [-0.15, -0.1) is 6.42 Å². The third-order valence-electron chi connectivity index (χ3n) is 3.51. The molecule has 0 saturated heterocycles. The highest BCUT2D eigenvalue weighted by atomic mass is 16.6. The van der Waals surface area contributed by atoms with Gasteiger partial charge in [-0.2, -0.15) is 0 Å². The number of unbranched alkanes of at least 4 members (excludes halogenated alkanes) is 3. The second-order valence-corrected chi connectivity index (χ2v) is 5.43. The molecule has 1 atom stereocenters. The molecule has 0 aliphatic heterocycles. The number of ether oxygens (including phenoxy) is 1. The van der Waals surface area contributed by atoms with Gasteiger partial charge in [-0.3, -0.25) is 0 Å². The molecule has 0 spiro atoms. The predicted molar refractivity (Wildman–Crippen MR) is 84.8 cm³/mol. The molecule has 1 rings (SSSR count). The van der Waals surface area contributed by atoms with Gasteiger partial charge in [-0.1, -0.05) is 44.2 Å². The summed E-state index contributed by atoms with van der Waals surface area (Å²) < 4.78 is 5.41. The summed E-state index contributed by atoms with van der Waals surface area (Å²) in [5.41, 5.74) is -1.08. The molecule has 0 aliphatic carbocycles. The average molecular weight is 302 g/mol. The molecule has 4 heteroatoms. The molecule has 1 N–H and O–H groups in total. The van der Waals surface area contributed by atoms with Crippen LogP contribution in [0.5, 0.6) is 0 Å². The van der Waals surface area contributed by atoms with E-state index in [1.807, 2.05) is 0 Å². The van der Waals surface area contributed by atoms with Crippen molar-refractivity contribution in [3.8, 4) is 12.3 Å². The highest BCUT2D eigenvalue weighted by Crippen LogP contribution is 2.22. The van der Waals surface area contributed by atoms with Crippen LogP contribution < -0.4 is 0 Å². The maximum atomic E-state index is 12.3. The fraction of sp³-hybridized carbons (Fsp3) is 0.444. The zero-order chi connectivity index (χ0) is 16.6. The smallest absolute Gasteiger partial charge is 0.340 e. The second kappa shape index (κ2) is 8.23. The Morgan fingerprint density at radius 2 is 1.86 bits per heavy atom. The number of carbonyl (C=O) groups is 2. The van der Waals surface area contributed by atoms with Crippen molar-refractivity contribution in [3.63, 3.8) is 0 Å². The number of hydrogen-bond acceptors (Lipinski definition) is 3. The molecule has 0 heterocycles. The molecule has 118 valence electrons. The fourth-order valence-corrected chi connectivity index (χ4v) is 2.15. The number of carbonyl (C=O) groups excluding carboxylic acids is 1. The summed E-state index contributed by atoms with van der Waals surface area (Å²) in [4.78, 5) is 23.4. The lowest BCUT2D eigenvalue weighted by atomic mass is 9.98. The molecule has 0 aliphatic rings. The van der Waals surface area contributed by atoms with Crippen LogP contribution in [-0.4, -0.2) is 22.6 Å². The van der Waals surface area contributed by atoms with E-state index in [9.17, 15) is 9.59 Å². The molecule has 4 nitrogen and oxygen atoms in total. The van der Waals surface area contributed by atoms with Crippen LogP contribution in [0.15, 0.2) is 24.3 Å². The minimum Gasteiger partial charge on any atom is -0.478 e. The van der Waals surface area contributed by atoms with Crippen LogP contribution in [0, 0.1) is 12.3 Å². The van der Waals surface area contributed by atoms with Crippen LogP contribution in [0.3, 0.4) is 0 Å². The molecule has 1 unspecified atom stereocenters. The molecular formula is C18H22O4. The van der Waals surface area contributed by atoms with E-state index < -0.39 is 17.5 Å². The number of carboxylic acid groups (broad SMARTS) is 1. The normalized spacial score (nSPS) is 13.0. The standard InChI is InChI=1S/C18H22O4/c1-4-6-7-10-13-18(3,5-2)22-17(21)15-12-9-8-11-14(15)16(19)20/h2,8-9,11-12H,4,6-7,10,13H2,1,3H3,(H,19,20). The summed E-state index contributed by atoms with van der Waals surface area (Å²) in [5.74, 6) is 0.646. The summed E-state index contributed by atoms with van der Waals surface area (Å²) in [6.07, 6.45) is 10.2. The number of esters is 1. The second-order valence-electron chi connectivity index (χ2n) is 5.43. The number of benzene rings is 1. The SMILES string of the molecule is C#CC(C)(CCCCCC)OC(=O)c1ccccc1C(=O)O. The lowest BCUT2D eigenvalue weighted by Crippen LogP contribution is -2.30. The Morgan fingerprint density at radius 1 is 1.23 bits per heavy atom. The van der Waals surface area contributed by atoms with Gasteiger partial charge in [0, 0.05) is 0 Å². The molecule has 22 heavy (non-hydrogen) atoms. The summed E-state index contributed by atoms with van der Waals surface area (Å²) in [7, 11) is 0. The first-order valence-corrected chi connectivity index (χ1v) is 7.47. The fourth-order valence-electron chi connectivity index (χ4n) is 2.15. The first-order valence-electron chi connectivity index (χ1n) is 7.47. The molecule has 1 aromatic rings. The van der Waals surface area contributed by atoms with Crippen LogP contribution in [0.1, 0.15) is 66.7 Å². The monoisotopic (exact) mass is 302 g/mol. The van der Waals surface area contributed by atoms with E-state index in [-0.39, 0.29) is 11.1 Å². The Morgan fingerprint density at radius 3 is 2.41 bits per heavy atom. The van der Waals surface area contributed by atoms with Gasteiger partial charge in [0.2, 0.25) is 0 Å². The molecule has 1 aromatic carbocycles. The highest BCUT2D eigenvalue weighted by Gasteiger charge is 2.28. The zero-order valence-electron chi connectivity index (χ0n) is 13.1. The third-order valence-corrected chi connectivity index (χ3v) is 3.51. The Balaban J connectivity index is 2.81. The highest BCUT2D eigenvalue weighted by molar-refractivity contribution is 6.02. The van der Waals surface area contributed by atoms with Crippen molar-refractivity contribution in [2.75, 3.05) is 0 Å². The molecule has 0 saturated carbocycles. The Bertz CT molecular complexity index is 571. The molecule has 0 radical (unpaired) electrons. The van der Waals surface area contributed by atoms with Crippen LogP contribution in [-0.2, 0) is 4.74 Å². The van der Waals surface area contributed by atoms with Crippen LogP contribution in [0.4, 0.5) is 0 Å². The number of aromatic carboxylic acids is 1. The van der Waals surface area contributed by atoms with Crippen molar-refractivity contribution < 1.29 is 19.4 Å². The van der Waals surface area contributed by atoms with Gasteiger partial charge in [0.05, 0.1) is 11.1 Å². The van der Waals surface area contributed by atoms with Crippen molar-refractivity contribution in [1.29, 1.82) is 0 Å². The van der Waals surface area contributed by atoms with Gasteiger partial charge in [0.1, 0.15) is 0 Å². The maximum Gasteiger partial charge on any atom is 0.340 e. The molecular weight excluding hydrogens is 280 g/mol. The lowest BCUT2D eigenvalue weighted by molar-refractivity contribution is 0.0104. The molecule has 0 aromatic heterocycles. The number of carboxylic acids is 1. The van der Waals surface area contributed by atoms with Crippen molar-refractivity contribution in [3.05, 3.63) is 35.4 Å². The molecule has 0 bridgehead atoms. The van der Waals surface area contributed by atoms with E-state index >= 15 is 0 Å². The van der Waals surface area contributed by atoms with Crippen molar-refractivity contribution in [2.24, 2.45) is 0 Å². The Labute approximate surface area is 131 Å². The summed E-state index contributed by atoms with van der Waals surface area (Å²) >= 11 is 0. The van der Waals surface area contributed by atoms with E-state index in [0.717, 1.165) is 25.7 Å². The average Bonchev–Trinajstić information content (AvgIpc) is 2.51. The van der Waals surface area contributed by atoms with Crippen molar-refractivity contribution >= 4 is 11.9 Å². The van der Waals surface area contributed by atoms with Gasteiger partial charge in [0.15, 0.2) is 5.60 Å². The minimum absolute atomic E-state index is 0.0185. The third kappa shape index (κ3) is 4.92. The molecule has 0 amide bonds. The molecule has 0 fully saturated rings. The summed E-state index contributed by atoms with van der Waals surface area (Å²) in [6, 6.07) is 5.95. The Hall–Kier alpha value is -2.28. The summed E-state index contributed by atoms with van der Waals surface area (Å²) in [6.45, 7) is 3.80. The number of hydrogen-bond donors (Lipinski definition) is 1. The van der Waals surface area contributed by atoms with Gasteiger partial charge in [0.25, 0.3) is 0 Å². The van der Waals surface area contributed by atoms with Crippen LogP contribution >= 0.6 is 0 Å². The van der Waals surface area contributed by atoms with E-state index in [0.29, 0.717) is 6.42 Å². The predicted octanol–water partition coefficient (Wildman–Crippen LogP) is 3.90. The van der Waals surface area contributed by atoms with E-state index in [1.165, 1.54) is 12.1 Å². The van der Waals surface area contributed by atoms with Crippen molar-refractivity contribution in [1.82, 2.24) is 0 Å². The first-order chi connectivity index (χ1) is 10.4. The van der Waals surface area contributed by atoms with Crippen LogP contribution in [0.2, 0.25) is 0 Å². The summed E-state index contributed by atoms with van der Waals surface area (Å²) in [5, 5.41) is 9.12. The van der Waals surface area contributed by atoms with E-state index in [2.05, 4.69) is 12.8 Å². The van der Waals surface area contributed by atoms with E-state index in [1.54, 1.807) is 19.1 Å². The lowest BCUT2D eigenvalue weighted by Gasteiger charge is -2.24. The van der Waals surface area contributed by atoms with Crippen molar-refractivity contribution in [2.45, 2.75) is 51.6 Å². The van der Waals surface area contributed by atoms with Crippen LogP contribution in [0.25, 0.3) is 0 Å². The van der Waals surface area contributed by atoms with Gasteiger partial charge in [-0.05, 0) is 31.9 Å². The minimum atomic E-state index is -1.17. The zero-order valence-corrected chi connectivity index (χ0v) is 13.1. The number of rotatable bonds is 8.